The second-order valence-corrected chi connectivity index (χ2v) is 7.95. The van der Waals surface area contributed by atoms with E-state index in [-0.39, 0.29) is 0 Å². The molecule has 1 aliphatic carbocycles. The van der Waals surface area contributed by atoms with Crippen LogP contribution in [0.1, 0.15) is 77.0 Å². The third-order valence-electron chi connectivity index (χ3n) is 5.98. The van der Waals surface area contributed by atoms with Crippen molar-refractivity contribution in [3.8, 4) is 0 Å². The standard InChI is InChI=1S/C20H40N3/c21-13-7-15-23-16-11-19(12-17-23)10-6-14-22-18-20-8-4-2-1-3-5-9-20/h19-22H,1-18H2. The molecule has 1 heterocycles. The minimum atomic E-state index is 0.590. The topological polar surface area (TPSA) is 39.1 Å². The maximum atomic E-state index is 7.25. The van der Waals surface area contributed by atoms with Gasteiger partial charge < -0.3 is 10.2 Å². The zero-order chi connectivity index (χ0) is 16.2. The van der Waals surface area contributed by atoms with E-state index in [9.17, 15) is 0 Å². The van der Waals surface area contributed by atoms with E-state index in [0.717, 1.165) is 24.8 Å². The van der Waals surface area contributed by atoms with Gasteiger partial charge in [-0.25, -0.2) is 0 Å². The molecule has 1 radical (unpaired) electrons. The van der Waals surface area contributed by atoms with Gasteiger partial charge >= 0.3 is 0 Å². The van der Waals surface area contributed by atoms with Crippen molar-refractivity contribution < 1.29 is 0 Å². The van der Waals surface area contributed by atoms with E-state index in [1.165, 1.54) is 96.8 Å². The van der Waals surface area contributed by atoms with Gasteiger partial charge in [0.15, 0.2) is 0 Å². The molecule has 3 heteroatoms. The number of hydrogen-bond acceptors (Lipinski definition) is 2. The van der Waals surface area contributed by atoms with E-state index in [1.54, 1.807) is 0 Å². The lowest BCUT2D eigenvalue weighted by Crippen LogP contribution is -2.35. The molecule has 0 spiro atoms. The predicted molar refractivity (Wildman–Crippen MR) is 99.7 cm³/mol. The fraction of sp³-hybridized carbons (Fsp3) is 1.00. The summed E-state index contributed by atoms with van der Waals surface area (Å²) in [5.41, 5.74) is 7.25. The normalized spacial score (nSPS) is 22.8. The van der Waals surface area contributed by atoms with Gasteiger partial charge in [-0.1, -0.05) is 32.1 Å². The fourth-order valence-electron chi connectivity index (χ4n) is 4.37. The van der Waals surface area contributed by atoms with Gasteiger partial charge in [0, 0.05) is 6.54 Å². The molecular weight excluding hydrogens is 282 g/mol. The van der Waals surface area contributed by atoms with Gasteiger partial charge in [-0.05, 0) is 89.5 Å². The molecule has 2 rings (SSSR count). The summed E-state index contributed by atoms with van der Waals surface area (Å²) >= 11 is 0. The predicted octanol–water partition coefficient (Wildman–Crippen LogP) is 4.10. The molecule has 135 valence electrons. The molecule has 3 nitrogen and oxygen atoms in total. The summed E-state index contributed by atoms with van der Waals surface area (Å²) in [6, 6.07) is 0. The molecule has 0 amide bonds. The van der Waals surface area contributed by atoms with Crippen LogP contribution in [0.4, 0.5) is 0 Å². The Balaban J connectivity index is 1.44. The van der Waals surface area contributed by atoms with Gasteiger partial charge in [0.25, 0.3) is 0 Å². The molecular formula is C20H40N3. The second-order valence-electron chi connectivity index (χ2n) is 7.95. The van der Waals surface area contributed by atoms with Crippen molar-refractivity contribution in [2.45, 2.75) is 77.0 Å². The quantitative estimate of drug-likeness (QED) is 0.649. The van der Waals surface area contributed by atoms with Crippen LogP contribution in [-0.2, 0) is 0 Å². The first-order valence-corrected chi connectivity index (χ1v) is 10.5. The van der Waals surface area contributed by atoms with Crippen LogP contribution in [0.25, 0.3) is 0 Å². The number of piperidine rings is 1. The highest BCUT2D eigenvalue weighted by Gasteiger charge is 2.18. The molecule has 0 unspecified atom stereocenters. The summed E-state index contributed by atoms with van der Waals surface area (Å²) in [4.78, 5) is 2.57. The van der Waals surface area contributed by atoms with E-state index in [4.69, 9.17) is 5.73 Å². The van der Waals surface area contributed by atoms with Crippen molar-refractivity contribution in [1.82, 2.24) is 16.0 Å². The maximum Gasteiger partial charge on any atom is 0.0112 e. The first-order valence-electron chi connectivity index (χ1n) is 10.5. The Hall–Kier alpha value is -0.120. The van der Waals surface area contributed by atoms with Gasteiger partial charge in [-0.2, -0.15) is 0 Å². The van der Waals surface area contributed by atoms with Gasteiger partial charge in [0.05, 0.1) is 0 Å². The maximum absolute atomic E-state index is 7.25. The number of rotatable bonds is 9. The first-order chi connectivity index (χ1) is 11.4. The summed E-state index contributed by atoms with van der Waals surface area (Å²) in [5.74, 6) is 1.92. The van der Waals surface area contributed by atoms with Crippen molar-refractivity contribution in [3.63, 3.8) is 0 Å². The largest absolute Gasteiger partial charge is 0.316 e. The number of likely N-dealkylation sites (tertiary alicyclic amines) is 1. The Kier molecular flexibility index (Phi) is 10.2. The minimum Gasteiger partial charge on any atom is -0.316 e. The smallest absolute Gasteiger partial charge is 0.0112 e. The van der Waals surface area contributed by atoms with E-state index >= 15 is 0 Å². The summed E-state index contributed by atoms with van der Waals surface area (Å²) in [6.45, 7) is 6.80. The van der Waals surface area contributed by atoms with Crippen molar-refractivity contribution >= 4 is 0 Å². The van der Waals surface area contributed by atoms with Gasteiger partial charge in [0.2, 0.25) is 0 Å². The van der Waals surface area contributed by atoms with E-state index in [2.05, 4.69) is 10.2 Å². The average molecular weight is 323 g/mol. The van der Waals surface area contributed by atoms with Crippen LogP contribution >= 0.6 is 0 Å². The number of nitrogens with zero attached hydrogens (tertiary/aromatic N) is 1. The van der Waals surface area contributed by atoms with Crippen LogP contribution in [0.2, 0.25) is 0 Å². The lowest BCUT2D eigenvalue weighted by Gasteiger charge is -2.31. The summed E-state index contributed by atoms with van der Waals surface area (Å²) in [7, 11) is 0. The fourth-order valence-corrected chi connectivity index (χ4v) is 4.37. The highest BCUT2D eigenvalue weighted by molar-refractivity contribution is 4.73. The van der Waals surface area contributed by atoms with E-state index < -0.39 is 0 Å². The molecule has 0 bridgehead atoms. The third-order valence-corrected chi connectivity index (χ3v) is 5.98. The first kappa shape index (κ1) is 19.2. The van der Waals surface area contributed by atoms with E-state index in [0.29, 0.717) is 6.54 Å². The van der Waals surface area contributed by atoms with Gasteiger partial charge in [-0.15, -0.1) is 0 Å². The molecule has 0 aromatic rings. The lowest BCUT2D eigenvalue weighted by atomic mass is 9.91. The van der Waals surface area contributed by atoms with Crippen molar-refractivity contribution in [2.24, 2.45) is 11.8 Å². The Morgan fingerprint density at radius 1 is 0.826 bits per heavy atom. The van der Waals surface area contributed by atoms with Crippen LogP contribution in [0.5, 0.6) is 0 Å². The molecule has 2 aliphatic rings. The molecule has 2 fully saturated rings. The van der Waals surface area contributed by atoms with Crippen LogP contribution in [0.3, 0.4) is 0 Å². The molecule has 0 aromatic carbocycles. The second kappa shape index (κ2) is 12.3. The Labute approximate surface area is 144 Å². The Morgan fingerprint density at radius 3 is 2.22 bits per heavy atom. The van der Waals surface area contributed by atoms with Gasteiger partial charge in [0.1, 0.15) is 0 Å². The monoisotopic (exact) mass is 322 g/mol. The van der Waals surface area contributed by atoms with Crippen molar-refractivity contribution in [1.29, 1.82) is 0 Å². The van der Waals surface area contributed by atoms with Crippen molar-refractivity contribution in [3.05, 3.63) is 0 Å². The molecule has 1 saturated carbocycles. The molecule has 2 N–H and O–H groups in total. The molecule has 1 aliphatic heterocycles. The third kappa shape index (κ3) is 8.51. The van der Waals surface area contributed by atoms with E-state index in [1.807, 2.05) is 0 Å². The van der Waals surface area contributed by atoms with Crippen LogP contribution < -0.4 is 11.1 Å². The highest BCUT2D eigenvalue weighted by atomic mass is 15.1. The molecule has 0 aromatic heterocycles. The van der Waals surface area contributed by atoms with Crippen LogP contribution in [0, 0.1) is 11.8 Å². The van der Waals surface area contributed by atoms with Crippen LogP contribution in [-0.4, -0.2) is 44.2 Å². The molecule has 1 saturated heterocycles. The summed E-state index contributed by atoms with van der Waals surface area (Å²) in [6.07, 6.45) is 16.9. The highest BCUT2D eigenvalue weighted by Crippen LogP contribution is 2.23. The van der Waals surface area contributed by atoms with Gasteiger partial charge in [-0.3, -0.25) is 5.73 Å². The summed E-state index contributed by atoms with van der Waals surface area (Å²) in [5, 5.41) is 3.75. The SMILES string of the molecule is [NH]CCCN1CCC(CCCNCC2CCCCCCC2)CC1. The van der Waals surface area contributed by atoms with Crippen LogP contribution in [0.15, 0.2) is 0 Å². The lowest BCUT2D eigenvalue weighted by molar-refractivity contribution is 0.176. The number of nitrogens with one attached hydrogen (secondary N) is 2. The summed E-state index contributed by atoms with van der Waals surface area (Å²) < 4.78 is 0. The molecule has 0 atom stereocenters. The minimum absolute atomic E-state index is 0.590. The number of hydrogen-bond donors (Lipinski definition) is 1. The Morgan fingerprint density at radius 2 is 1.52 bits per heavy atom. The zero-order valence-corrected chi connectivity index (χ0v) is 15.3. The Bertz CT molecular complexity index is 266. The average Bonchev–Trinajstić information content (AvgIpc) is 2.55. The van der Waals surface area contributed by atoms with Crippen molar-refractivity contribution in [2.75, 3.05) is 39.3 Å². The molecule has 23 heavy (non-hydrogen) atoms. The zero-order valence-electron chi connectivity index (χ0n) is 15.3.